The van der Waals surface area contributed by atoms with Gasteiger partial charge in [0.2, 0.25) is 5.91 Å². The average molecular weight is 293 g/mol. The fraction of sp³-hybridized carbons (Fsp3) is 0.667. The van der Waals surface area contributed by atoms with Crippen LogP contribution in [-0.2, 0) is 17.8 Å². The molecule has 4 nitrogen and oxygen atoms in total. The van der Waals surface area contributed by atoms with E-state index in [1.165, 1.54) is 10.4 Å². The Morgan fingerprint density at radius 2 is 2.40 bits per heavy atom. The molecule has 0 aliphatic carbocycles. The summed E-state index contributed by atoms with van der Waals surface area (Å²) in [5.41, 5.74) is 7.29. The molecule has 2 unspecified atom stereocenters. The Balaban J connectivity index is 1.53. The van der Waals surface area contributed by atoms with Gasteiger partial charge in [-0.15, -0.1) is 11.3 Å². The summed E-state index contributed by atoms with van der Waals surface area (Å²) in [4.78, 5) is 18.1. The minimum Gasteiger partial charge on any atom is -0.337 e. The Morgan fingerprint density at radius 3 is 3.15 bits per heavy atom. The number of carbonyl (C=O) groups is 1. The van der Waals surface area contributed by atoms with Crippen molar-refractivity contribution in [2.45, 2.75) is 32.4 Å². The molecule has 1 aromatic heterocycles. The molecule has 1 saturated heterocycles. The Morgan fingerprint density at radius 1 is 1.55 bits per heavy atom. The van der Waals surface area contributed by atoms with E-state index in [1.807, 2.05) is 16.2 Å². The van der Waals surface area contributed by atoms with E-state index in [-0.39, 0.29) is 11.9 Å². The molecule has 1 amide bonds. The highest BCUT2D eigenvalue weighted by atomic mass is 32.1. The van der Waals surface area contributed by atoms with Crippen LogP contribution in [0.2, 0.25) is 0 Å². The van der Waals surface area contributed by atoms with Gasteiger partial charge >= 0.3 is 0 Å². The minimum absolute atomic E-state index is 0.235. The molecule has 5 heteroatoms. The molecule has 3 heterocycles. The van der Waals surface area contributed by atoms with E-state index in [0.717, 1.165) is 39.0 Å². The van der Waals surface area contributed by atoms with Crippen LogP contribution in [0.5, 0.6) is 0 Å². The number of hydrogen-bond acceptors (Lipinski definition) is 4. The van der Waals surface area contributed by atoms with Crippen LogP contribution < -0.4 is 5.73 Å². The molecule has 0 aromatic carbocycles. The summed E-state index contributed by atoms with van der Waals surface area (Å²) in [5, 5.41) is 2.13. The van der Waals surface area contributed by atoms with Gasteiger partial charge in [-0.05, 0) is 49.2 Å². The van der Waals surface area contributed by atoms with Gasteiger partial charge in [0, 0.05) is 30.6 Å². The summed E-state index contributed by atoms with van der Waals surface area (Å²) in [6, 6.07) is 2.39. The third-order valence-corrected chi connectivity index (χ3v) is 5.59. The van der Waals surface area contributed by atoms with Crippen molar-refractivity contribution in [2.24, 2.45) is 11.7 Å². The second kappa shape index (κ2) is 5.84. The van der Waals surface area contributed by atoms with Crippen LogP contribution in [0, 0.1) is 5.92 Å². The second-order valence-corrected chi connectivity index (χ2v) is 7.08. The summed E-state index contributed by atoms with van der Waals surface area (Å²) in [6.45, 7) is 6.27. The number of thiophene rings is 1. The number of amides is 1. The molecular weight excluding hydrogens is 270 g/mol. The number of hydrogen-bond donors (Lipinski definition) is 1. The topological polar surface area (TPSA) is 49.6 Å². The molecule has 0 spiro atoms. The van der Waals surface area contributed by atoms with Gasteiger partial charge in [-0.2, -0.15) is 0 Å². The molecule has 3 rings (SSSR count). The van der Waals surface area contributed by atoms with Gasteiger partial charge in [-0.1, -0.05) is 0 Å². The number of rotatable bonds is 3. The first-order chi connectivity index (χ1) is 9.63. The van der Waals surface area contributed by atoms with Crippen molar-refractivity contribution in [2.75, 3.05) is 26.2 Å². The Hall–Kier alpha value is -0.910. The molecule has 2 N–H and O–H groups in total. The maximum atomic E-state index is 12.4. The molecule has 110 valence electrons. The quantitative estimate of drug-likeness (QED) is 0.914. The van der Waals surface area contributed by atoms with E-state index in [0.29, 0.717) is 12.5 Å². The van der Waals surface area contributed by atoms with Crippen molar-refractivity contribution < 1.29 is 4.79 Å². The molecule has 2 aliphatic heterocycles. The number of nitrogens with two attached hydrogens (primary N) is 1. The highest BCUT2D eigenvalue weighted by molar-refractivity contribution is 7.10. The van der Waals surface area contributed by atoms with Gasteiger partial charge < -0.3 is 10.6 Å². The lowest BCUT2D eigenvalue weighted by molar-refractivity contribution is -0.133. The van der Waals surface area contributed by atoms with E-state index in [9.17, 15) is 4.79 Å². The molecule has 1 fully saturated rings. The molecule has 0 bridgehead atoms. The molecule has 0 saturated carbocycles. The SMILES string of the molecule is CC(N)C1CCN(CC(=O)N2CCc3sccc3C2)C1. The summed E-state index contributed by atoms with van der Waals surface area (Å²) >= 11 is 1.81. The molecule has 2 aliphatic rings. The monoisotopic (exact) mass is 293 g/mol. The van der Waals surface area contributed by atoms with Crippen LogP contribution in [0.4, 0.5) is 0 Å². The van der Waals surface area contributed by atoms with Gasteiger partial charge in [-0.3, -0.25) is 9.69 Å². The number of likely N-dealkylation sites (tertiary alicyclic amines) is 1. The first-order valence-corrected chi connectivity index (χ1v) is 8.32. The lowest BCUT2D eigenvalue weighted by Crippen LogP contribution is -2.42. The fourth-order valence-electron chi connectivity index (χ4n) is 3.19. The Labute approximate surface area is 124 Å². The maximum Gasteiger partial charge on any atom is 0.237 e. The normalized spacial score (nSPS) is 24.7. The maximum absolute atomic E-state index is 12.4. The van der Waals surface area contributed by atoms with Crippen molar-refractivity contribution in [1.82, 2.24) is 9.80 Å². The number of nitrogens with zero attached hydrogens (tertiary/aromatic N) is 2. The van der Waals surface area contributed by atoms with E-state index < -0.39 is 0 Å². The summed E-state index contributed by atoms with van der Waals surface area (Å²) in [6.07, 6.45) is 2.14. The zero-order valence-corrected chi connectivity index (χ0v) is 12.9. The van der Waals surface area contributed by atoms with Crippen LogP contribution in [0.1, 0.15) is 23.8 Å². The van der Waals surface area contributed by atoms with Gasteiger partial charge in [0.05, 0.1) is 6.54 Å². The van der Waals surface area contributed by atoms with E-state index in [1.54, 1.807) is 0 Å². The Kier molecular flexibility index (Phi) is 4.10. The standard InChI is InChI=1S/C15H23N3OS/c1-11(16)12-2-5-17(8-12)10-15(19)18-6-3-14-13(9-18)4-7-20-14/h4,7,11-12H,2-3,5-6,8-10,16H2,1H3. The van der Waals surface area contributed by atoms with Gasteiger partial charge in [0.25, 0.3) is 0 Å². The fourth-order valence-corrected chi connectivity index (χ4v) is 4.08. The van der Waals surface area contributed by atoms with Crippen molar-refractivity contribution in [3.63, 3.8) is 0 Å². The van der Waals surface area contributed by atoms with Crippen LogP contribution in [-0.4, -0.2) is 47.9 Å². The van der Waals surface area contributed by atoms with Crippen LogP contribution in [0.15, 0.2) is 11.4 Å². The zero-order valence-electron chi connectivity index (χ0n) is 12.0. The highest BCUT2D eigenvalue weighted by Crippen LogP contribution is 2.24. The van der Waals surface area contributed by atoms with Gasteiger partial charge in [0.1, 0.15) is 0 Å². The van der Waals surface area contributed by atoms with Crippen molar-refractivity contribution >= 4 is 17.2 Å². The third kappa shape index (κ3) is 2.90. The molecule has 20 heavy (non-hydrogen) atoms. The van der Waals surface area contributed by atoms with Crippen molar-refractivity contribution in [3.8, 4) is 0 Å². The summed E-state index contributed by atoms with van der Waals surface area (Å²) < 4.78 is 0. The molecule has 1 aromatic rings. The zero-order chi connectivity index (χ0) is 14.1. The average Bonchev–Trinajstić information content (AvgIpc) is 3.05. The van der Waals surface area contributed by atoms with Crippen molar-refractivity contribution in [3.05, 3.63) is 21.9 Å². The number of carbonyl (C=O) groups excluding carboxylic acids is 1. The molecular formula is C15H23N3OS. The molecule has 0 radical (unpaired) electrons. The largest absolute Gasteiger partial charge is 0.337 e. The third-order valence-electron chi connectivity index (χ3n) is 4.57. The summed E-state index contributed by atoms with van der Waals surface area (Å²) in [7, 11) is 0. The van der Waals surface area contributed by atoms with Crippen LogP contribution >= 0.6 is 11.3 Å². The molecule has 2 atom stereocenters. The Bertz CT molecular complexity index is 485. The van der Waals surface area contributed by atoms with E-state index in [4.69, 9.17) is 5.73 Å². The first kappa shape index (κ1) is 14.0. The predicted molar refractivity (Wildman–Crippen MR) is 81.6 cm³/mol. The van der Waals surface area contributed by atoms with Gasteiger partial charge in [-0.25, -0.2) is 0 Å². The van der Waals surface area contributed by atoms with E-state index >= 15 is 0 Å². The van der Waals surface area contributed by atoms with Crippen molar-refractivity contribution in [1.29, 1.82) is 0 Å². The predicted octanol–water partition coefficient (Wildman–Crippen LogP) is 1.30. The smallest absolute Gasteiger partial charge is 0.237 e. The minimum atomic E-state index is 0.235. The highest BCUT2D eigenvalue weighted by Gasteiger charge is 2.28. The lowest BCUT2D eigenvalue weighted by atomic mass is 10.0. The number of fused-ring (bicyclic) bond motifs is 1. The van der Waals surface area contributed by atoms with Gasteiger partial charge in [0.15, 0.2) is 0 Å². The lowest BCUT2D eigenvalue weighted by Gasteiger charge is -2.29. The van der Waals surface area contributed by atoms with E-state index in [2.05, 4.69) is 23.3 Å². The summed E-state index contributed by atoms with van der Waals surface area (Å²) in [5.74, 6) is 0.819. The first-order valence-electron chi connectivity index (χ1n) is 7.44. The second-order valence-electron chi connectivity index (χ2n) is 6.08. The van der Waals surface area contributed by atoms with Crippen LogP contribution in [0.3, 0.4) is 0 Å². The van der Waals surface area contributed by atoms with Crippen LogP contribution in [0.25, 0.3) is 0 Å².